The van der Waals surface area contributed by atoms with Gasteiger partial charge in [-0.3, -0.25) is 0 Å². The zero-order valence-electron chi connectivity index (χ0n) is 12.3. The fraction of sp³-hybridized carbons (Fsp3) is 0.733. The first-order valence-corrected chi connectivity index (χ1v) is 8.53. The second-order valence-corrected chi connectivity index (χ2v) is 6.61. The number of aromatic nitrogens is 2. The number of nitrogens with one attached hydrogen (secondary N) is 1. The van der Waals surface area contributed by atoms with Crippen LogP contribution in [0.2, 0.25) is 0 Å². The maximum absolute atomic E-state index is 4.79. The summed E-state index contributed by atoms with van der Waals surface area (Å²) in [4.78, 5) is 9.53. The van der Waals surface area contributed by atoms with Crippen LogP contribution in [0.25, 0.3) is 0 Å². The molecule has 0 aliphatic heterocycles. The minimum Gasteiger partial charge on any atom is -0.370 e. The van der Waals surface area contributed by atoms with Gasteiger partial charge in [0, 0.05) is 23.1 Å². The Labute approximate surface area is 121 Å². The molecule has 4 heteroatoms. The van der Waals surface area contributed by atoms with E-state index in [2.05, 4.69) is 26.1 Å². The van der Waals surface area contributed by atoms with Crippen LogP contribution in [0.4, 0.5) is 5.82 Å². The molecule has 0 bridgehead atoms. The van der Waals surface area contributed by atoms with Gasteiger partial charge in [0.25, 0.3) is 0 Å². The molecule has 1 heterocycles. The highest BCUT2D eigenvalue weighted by Gasteiger charge is 2.17. The standard InChI is InChI=1S/C15H25N3S/c1-4-11(3)19-10-14-17-13-9-7-6-8-12(13)15(18-14)16-5-2/h11H,4-10H2,1-3H3,(H,16,17,18). The number of aryl methyl sites for hydroxylation is 1. The number of hydrogen-bond donors (Lipinski definition) is 1. The summed E-state index contributed by atoms with van der Waals surface area (Å²) >= 11 is 1.95. The zero-order chi connectivity index (χ0) is 13.7. The van der Waals surface area contributed by atoms with Crippen LogP contribution < -0.4 is 5.32 Å². The summed E-state index contributed by atoms with van der Waals surface area (Å²) in [6, 6.07) is 0. The van der Waals surface area contributed by atoms with Crippen LogP contribution in [-0.4, -0.2) is 21.8 Å². The van der Waals surface area contributed by atoms with Crippen LogP contribution in [0.1, 0.15) is 57.1 Å². The second kappa shape index (κ2) is 7.13. The van der Waals surface area contributed by atoms with E-state index in [1.54, 1.807) is 0 Å². The molecule has 1 aliphatic carbocycles. The molecule has 0 amide bonds. The van der Waals surface area contributed by atoms with E-state index in [0.717, 1.165) is 36.8 Å². The van der Waals surface area contributed by atoms with E-state index in [9.17, 15) is 0 Å². The van der Waals surface area contributed by atoms with Gasteiger partial charge in [0.1, 0.15) is 11.6 Å². The first kappa shape index (κ1) is 14.6. The summed E-state index contributed by atoms with van der Waals surface area (Å²) in [5.74, 6) is 3.02. The third-order valence-electron chi connectivity index (χ3n) is 3.65. The molecule has 0 aromatic carbocycles. The minimum atomic E-state index is 0.683. The van der Waals surface area contributed by atoms with Gasteiger partial charge in [-0.1, -0.05) is 13.8 Å². The lowest BCUT2D eigenvalue weighted by Crippen LogP contribution is -2.14. The SMILES string of the molecule is CCNc1nc(CSC(C)CC)nc2c1CCCC2. The lowest BCUT2D eigenvalue weighted by Gasteiger charge is -2.19. The van der Waals surface area contributed by atoms with Crippen molar-refractivity contribution in [2.24, 2.45) is 0 Å². The quantitative estimate of drug-likeness (QED) is 0.859. The first-order chi connectivity index (χ1) is 9.24. The molecule has 2 rings (SSSR count). The number of thioether (sulfide) groups is 1. The molecule has 0 saturated heterocycles. The Bertz CT molecular complexity index is 420. The van der Waals surface area contributed by atoms with E-state index >= 15 is 0 Å². The summed E-state index contributed by atoms with van der Waals surface area (Å²) in [6.07, 6.45) is 6.01. The fourth-order valence-electron chi connectivity index (χ4n) is 2.36. The molecule has 1 atom stereocenters. The lowest BCUT2D eigenvalue weighted by molar-refractivity contribution is 0.659. The lowest BCUT2D eigenvalue weighted by atomic mass is 9.96. The van der Waals surface area contributed by atoms with E-state index in [4.69, 9.17) is 9.97 Å². The first-order valence-electron chi connectivity index (χ1n) is 7.48. The van der Waals surface area contributed by atoms with Gasteiger partial charge in [0.05, 0.1) is 5.75 Å². The van der Waals surface area contributed by atoms with Gasteiger partial charge in [-0.15, -0.1) is 0 Å². The van der Waals surface area contributed by atoms with Crippen LogP contribution >= 0.6 is 11.8 Å². The molecule has 0 radical (unpaired) electrons. The number of fused-ring (bicyclic) bond motifs is 1. The number of hydrogen-bond acceptors (Lipinski definition) is 4. The normalized spacial score (nSPS) is 15.9. The fourth-order valence-corrected chi connectivity index (χ4v) is 3.16. The highest BCUT2D eigenvalue weighted by molar-refractivity contribution is 7.99. The van der Waals surface area contributed by atoms with Crippen molar-refractivity contribution in [2.45, 2.75) is 63.9 Å². The molecule has 1 aliphatic rings. The van der Waals surface area contributed by atoms with Crippen LogP contribution in [0.15, 0.2) is 0 Å². The number of rotatable bonds is 6. The van der Waals surface area contributed by atoms with Crippen molar-refractivity contribution in [3.8, 4) is 0 Å². The average Bonchev–Trinajstić information content (AvgIpc) is 2.45. The summed E-state index contributed by atoms with van der Waals surface area (Å²) < 4.78 is 0. The van der Waals surface area contributed by atoms with Crippen LogP contribution in [-0.2, 0) is 18.6 Å². The Morgan fingerprint density at radius 3 is 2.74 bits per heavy atom. The predicted molar refractivity (Wildman–Crippen MR) is 83.9 cm³/mol. The van der Waals surface area contributed by atoms with Gasteiger partial charge in [0.15, 0.2) is 0 Å². The molecule has 0 fully saturated rings. The van der Waals surface area contributed by atoms with E-state index < -0.39 is 0 Å². The topological polar surface area (TPSA) is 37.8 Å². The molecular formula is C15H25N3S. The molecule has 19 heavy (non-hydrogen) atoms. The van der Waals surface area contributed by atoms with E-state index in [0.29, 0.717) is 5.25 Å². The molecule has 1 unspecified atom stereocenters. The van der Waals surface area contributed by atoms with Gasteiger partial charge in [-0.2, -0.15) is 11.8 Å². The van der Waals surface area contributed by atoms with Crippen molar-refractivity contribution in [3.05, 3.63) is 17.1 Å². The van der Waals surface area contributed by atoms with E-state index in [1.807, 2.05) is 11.8 Å². The monoisotopic (exact) mass is 279 g/mol. The van der Waals surface area contributed by atoms with Crippen LogP contribution in [0.3, 0.4) is 0 Å². The Balaban J connectivity index is 2.17. The summed E-state index contributed by atoms with van der Waals surface area (Å²) in [5, 5.41) is 4.10. The molecule has 0 spiro atoms. The zero-order valence-corrected chi connectivity index (χ0v) is 13.1. The van der Waals surface area contributed by atoms with Crippen LogP contribution in [0.5, 0.6) is 0 Å². The Hall–Kier alpha value is -0.770. The molecule has 1 aromatic heterocycles. The second-order valence-electron chi connectivity index (χ2n) is 5.18. The molecule has 0 saturated carbocycles. The van der Waals surface area contributed by atoms with Crippen molar-refractivity contribution < 1.29 is 0 Å². The largest absolute Gasteiger partial charge is 0.370 e. The summed E-state index contributed by atoms with van der Waals surface area (Å²) in [5.41, 5.74) is 2.65. The van der Waals surface area contributed by atoms with Gasteiger partial charge >= 0.3 is 0 Å². The third-order valence-corrected chi connectivity index (χ3v) is 4.97. The number of anilines is 1. The third kappa shape index (κ3) is 3.85. The Kier molecular flexibility index (Phi) is 5.49. The number of nitrogens with zero attached hydrogens (tertiary/aromatic N) is 2. The molecule has 106 valence electrons. The molecule has 3 nitrogen and oxygen atoms in total. The van der Waals surface area contributed by atoms with Crippen molar-refractivity contribution >= 4 is 17.6 Å². The molecule has 1 aromatic rings. The van der Waals surface area contributed by atoms with Crippen LogP contribution in [0, 0.1) is 0 Å². The molecular weight excluding hydrogens is 254 g/mol. The van der Waals surface area contributed by atoms with Gasteiger partial charge in [0.2, 0.25) is 0 Å². The highest BCUT2D eigenvalue weighted by Crippen LogP contribution is 2.27. The summed E-state index contributed by atoms with van der Waals surface area (Å²) in [6.45, 7) is 7.57. The molecule has 1 N–H and O–H groups in total. The predicted octanol–water partition coefficient (Wildman–Crippen LogP) is 3.82. The maximum Gasteiger partial charge on any atom is 0.140 e. The van der Waals surface area contributed by atoms with Crippen molar-refractivity contribution in [1.82, 2.24) is 9.97 Å². The van der Waals surface area contributed by atoms with E-state index in [-0.39, 0.29) is 0 Å². The maximum atomic E-state index is 4.79. The van der Waals surface area contributed by atoms with Crippen molar-refractivity contribution in [1.29, 1.82) is 0 Å². The van der Waals surface area contributed by atoms with Gasteiger partial charge in [-0.05, 0) is 39.0 Å². The smallest absolute Gasteiger partial charge is 0.140 e. The van der Waals surface area contributed by atoms with Gasteiger partial charge in [-0.25, -0.2) is 9.97 Å². The average molecular weight is 279 g/mol. The van der Waals surface area contributed by atoms with Crippen molar-refractivity contribution in [2.75, 3.05) is 11.9 Å². The van der Waals surface area contributed by atoms with E-state index in [1.165, 1.54) is 30.5 Å². The van der Waals surface area contributed by atoms with Crippen molar-refractivity contribution in [3.63, 3.8) is 0 Å². The minimum absolute atomic E-state index is 0.683. The Morgan fingerprint density at radius 1 is 1.21 bits per heavy atom. The summed E-state index contributed by atoms with van der Waals surface area (Å²) in [7, 11) is 0. The van der Waals surface area contributed by atoms with Gasteiger partial charge < -0.3 is 5.32 Å². The Morgan fingerprint density at radius 2 is 2.00 bits per heavy atom. The highest BCUT2D eigenvalue weighted by atomic mass is 32.2.